The standard InChI is InChI=1S/C19H20N2O3/c1-11-6-8-14-13(10-11)7-9-16(14)21-19(24)15-4-3-5-17(18(15)23)20-12(2)22/h3-6,8,10,16,23H,7,9H2,1-2H3,(H,20,22)(H,21,24)/t16-/m1/s1. The first-order valence-electron chi connectivity index (χ1n) is 7.95. The molecule has 3 N–H and O–H groups in total. The molecule has 0 saturated heterocycles. The van der Waals surface area contributed by atoms with Gasteiger partial charge in [-0.3, -0.25) is 9.59 Å². The van der Waals surface area contributed by atoms with Crippen LogP contribution in [0, 0.1) is 6.92 Å². The second-order valence-electron chi connectivity index (χ2n) is 6.15. The minimum atomic E-state index is -0.349. The fourth-order valence-corrected chi connectivity index (χ4v) is 3.15. The molecule has 1 aliphatic rings. The molecule has 0 unspecified atom stereocenters. The van der Waals surface area contributed by atoms with E-state index in [0.29, 0.717) is 0 Å². The molecule has 124 valence electrons. The second-order valence-corrected chi connectivity index (χ2v) is 6.15. The first kappa shape index (κ1) is 16.1. The second kappa shape index (κ2) is 6.35. The van der Waals surface area contributed by atoms with E-state index in [1.165, 1.54) is 18.1 Å². The van der Waals surface area contributed by atoms with Crippen LogP contribution in [0.25, 0.3) is 0 Å². The first-order chi connectivity index (χ1) is 11.5. The zero-order valence-electron chi connectivity index (χ0n) is 13.7. The fourth-order valence-electron chi connectivity index (χ4n) is 3.15. The van der Waals surface area contributed by atoms with Gasteiger partial charge in [0.05, 0.1) is 17.3 Å². The Balaban J connectivity index is 1.81. The SMILES string of the molecule is CC(=O)Nc1cccc(C(=O)N[C@@H]2CCc3cc(C)ccc32)c1O. The number of hydrogen-bond acceptors (Lipinski definition) is 3. The molecule has 3 rings (SSSR count). The zero-order chi connectivity index (χ0) is 17.3. The largest absolute Gasteiger partial charge is 0.505 e. The predicted octanol–water partition coefficient (Wildman–Crippen LogP) is 3.08. The summed E-state index contributed by atoms with van der Waals surface area (Å²) in [5, 5.41) is 15.7. The van der Waals surface area contributed by atoms with Crippen LogP contribution in [0.15, 0.2) is 36.4 Å². The predicted molar refractivity (Wildman–Crippen MR) is 92.1 cm³/mol. The molecule has 2 amide bonds. The lowest BCUT2D eigenvalue weighted by Gasteiger charge is -2.16. The van der Waals surface area contributed by atoms with Crippen LogP contribution in [0.3, 0.4) is 0 Å². The molecular formula is C19H20N2O3. The summed E-state index contributed by atoms with van der Waals surface area (Å²) in [4.78, 5) is 23.7. The summed E-state index contributed by atoms with van der Waals surface area (Å²) in [5.74, 6) is -0.867. The maximum absolute atomic E-state index is 12.6. The summed E-state index contributed by atoms with van der Waals surface area (Å²) < 4.78 is 0. The number of fused-ring (bicyclic) bond motifs is 1. The van der Waals surface area contributed by atoms with E-state index in [2.05, 4.69) is 29.7 Å². The van der Waals surface area contributed by atoms with Gasteiger partial charge in [0.15, 0.2) is 5.75 Å². The number of amides is 2. The lowest BCUT2D eigenvalue weighted by atomic mass is 10.0. The third-order valence-corrected chi connectivity index (χ3v) is 4.27. The van der Waals surface area contributed by atoms with E-state index in [1.54, 1.807) is 18.2 Å². The van der Waals surface area contributed by atoms with Gasteiger partial charge in [-0.1, -0.05) is 29.8 Å². The summed E-state index contributed by atoms with van der Waals surface area (Å²) in [6, 6.07) is 10.9. The van der Waals surface area contributed by atoms with Gasteiger partial charge in [0.1, 0.15) is 0 Å². The Hall–Kier alpha value is -2.82. The van der Waals surface area contributed by atoms with E-state index in [1.807, 2.05) is 6.07 Å². The highest BCUT2D eigenvalue weighted by molar-refractivity contribution is 6.01. The van der Waals surface area contributed by atoms with Crippen LogP contribution < -0.4 is 10.6 Å². The third-order valence-electron chi connectivity index (χ3n) is 4.27. The van der Waals surface area contributed by atoms with E-state index in [9.17, 15) is 14.7 Å². The Morgan fingerprint density at radius 3 is 2.75 bits per heavy atom. The van der Waals surface area contributed by atoms with Crippen LogP contribution in [0.4, 0.5) is 5.69 Å². The van der Waals surface area contributed by atoms with E-state index in [0.717, 1.165) is 18.4 Å². The van der Waals surface area contributed by atoms with E-state index < -0.39 is 0 Å². The molecule has 0 heterocycles. The minimum Gasteiger partial charge on any atom is -0.505 e. The molecule has 0 radical (unpaired) electrons. The van der Waals surface area contributed by atoms with Gasteiger partial charge in [-0.15, -0.1) is 0 Å². The maximum atomic E-state index is 12.6. The average Bonchev–Trinajstić information content (AvgIpc) is 2.91. The summed E-state index contributed by atoms with van der Waals surface area (Å²) in [7, 11) is 0. The molecule has 1 aliphatic carbocycles. The van der Waals surface area contributed by atoms with Crippen molar-refractivity contribution in [2.75, 3.05) is 5.32 Å². The van der Waals surface area contributed by atoms with Crippen LogP contribution in [0.2, 0.25) is 0 Å². The van der Waals surface area contributed by atoms with Gasteiger partial charge < -0.3 is 15.7 Å². The molecule has 0 spiro atoms. The molecule has 0 fully saturated rings. The number of carbonyl (C=O) groups is 2. The van der Waals surface area contributed by atoms with Crippen LogP contribution >= 0.6 is 0 Å². The van der Waals surface area contributed by atoms with Crippen LogP contribution in [0.5, 0.6) is 5.75 Å². The topological polar surface area (TPSA) is 78.4 Å². The van der Waals surface area contributed by atoms with Crippen molar-refractivity contribution in [2.45, 2.75) is 32.7 Å². The van der Waals surface area contributed by atoms with E-state index in [4.69, 9.17) is 0 Å². The summed E-state index contributed by atoms with van der Waals surface area (Å²) >= 11 is 0. The fraction of sp³-hybridized carbons (Fsp3) is 0.263. The Labute approximate surface area is 140 Å². The molecule has 1 atom stereocenters. The number of phenolic OH excluding ortho intramolecular Hbond substituents is 1. The highest BCUT2D eigenvalue weighted by atomic mass is 16.3. The number of nitrogens with one attached hydrogen (secondary N) is 2. The van der Waals surface area contributed by atoms with Gasteiger partial charge in [0.25, 0.3) is 5.91 Å². The quantitative estimate of drug-likeness (QED) is 0.759. The summed E-state index contributed by atoms with van der Waals surface area (Å²) in [6.07, 6.45) is 1.77. The van der Waals surface area contributed by atoms with Gasteiger partial charge >= 0.3 is 0 Å². The Morgan fingerprint density at radius 2 is 2.00 bits per heavy atom. The maximum Gasteiger partial charge on any atom is 0.255 e. The van der Waals surface area contributed by atoms with Crippen LogP contribution in [0.1, 0.15) is 46.4 Å². The van der Waals surface area contributed by atoms with Crippen molar-refractivity contribution in [3.8, 4) is 5.75 Å². The Morgan fingerprint density at radius 1 is 1.21 bits per heavy atom. The molecule has 0 aliphatic heterocycles. The summed E-state index contributed by atoms with van der Waals surface area (Å²) in [6.45, 7) is 3.40. The number of carbonyl (C=O) groups excluding carboxylic acids is 2. The van der Waals surface area contributed by atoms with Crippen molar-refractivity contribution in [3.63, 3.8) is 0 Å². The zero-order valence-corrected chi connectivity index (χ0v) is 13.7. The summed E-state index contributed by atoms with van der Waals surface area (Å²) in [5.41, 5.74) is 3.99. The molecule has 5 nitrogen and oxygen atoms in total. The number of aryl methyl sites for hydroxylation is 2. The monoisotopic (exact) mass is 324 g/mol. The molecule has 24 heavy (non-hydrogen) atoms. The molecule has 0 aromatic heterocycles. The number of aromatic hydroxyl groups is 1. The third kappa shape index (κ3) is 3.11. The molecule has 5 heteroatoms. The van der Waals surface area contributed by atoms with Crippen molar-refractivity contribution in [1.29, 1.82) is 0 Å². The lowest BCUT2D eigenvalue weighted by Crippen LogP contribution is -2.27. The average molecular weight is 324 g/mol. The smallest absolute Gasteiger partial charge is 0.255 e. The number of hydrogen-bond donors (Lipinski definition) is 3. The molecule has 0 saturated carbocycles. The van der Waals surface area contributed by atoms with Crippen LogP contribution in [-0.4, -0.2) is 16.9 Å². The van der Waals surface area contributed by atoms with Gasteiger partial charge in [-0.05, 0) is 43.0 Å². The van der Waals surface area contributed by atoms with Gasteiger partial charge in [-0.2, -0.15) is 0 Å². The van der Waals surface area contributed by atoms with Crippen molar-refractivity contribution in [3.05, 3.63) is 58.7 Å². The number of phenols is 1. The van der Waals surface area contributed by atoms with Gasteiger partial charge in [0.2, 0.25) is 5.91 Å². The van der Waals surface area contributed by atoms with Crippen molar-refractivity contribution in [2.24, 2.45) is 0 Å². The molecular weight excluding hydrogens is 304 g/mol. The Kier molecular flexibility index (Phi) is 4.25. The highest BCUT2D eigenvalue weighted by Crippen LogP contribution is 2.33. The van der Waals surface area contributed by atoms with Crippen molar-refractivity contribution in [1.82, 2.24) is 5.32 Å². The normalized spacial score (nSPS) is 15.7. The van der Waals surface area contributed by atoms with Crippen molar-refractivity contribution < 1.29 is 14.7 Å². The number of benzene rings is 2. The highest BCUT2D eigenvalue weighted by Gasteiger charge is 2.25. The number of para-hydroxylation sites is 1. The number of rotatable bonds is 3. The van der Waals surface area contributed by atoms with E-state index in [-0.39, 0.29) is 34.9 Å². The lowest BCUT2D eigenvalue weighted by molar-refractivity contribution is -0.114. The molecule has 2 aromatic carbocycles. The minimum absolute atomic E-state index is 0.0584. The number of anilines is 1. The molecule has 0 bridgehead atoms. The first-order valence-corrected chi connectivity index (χ1v) is 7.95. The van der Waals surface area contributed by atoms with Crippen molar-refractivity contribution >= 4 is 17.5 Å². The van der Waals surface area contributed by atoms with Crippen LogP contribution in [-0.2, 0) is 11.2 Å². The Bertz CT molecular complexity index is 814. The van der Waals surface area contributed by atoms with Gasteiger partial charge in [-0.25, -0.2) is 0 Å². The van der Waals surface area contributed by atoms with E-state index >= 15 is 0 Å². The van der Waals surface area contributed by atoms with Gasteiger partial charge in [0, 0.05) is 6.92 Å². The molecule has 2 aromatic rings.